The van der Waals surface area contributed by atoms with Gasteiger partial charge in [0.2, 0.25) is 0 Å². The van der Waals surface area contributed by atoms with Crippen LogP contribution in [0.15, 0.2) is 42.5 Å². The third-order valence-electron chi connectivity index (χ3n) is 3.19. The third kappa shape index (κ3) is 2.65. The van der Waals surface area contributed by atoms with E-state index in [9.17, 15) is 0 Å². The zero-order chi connectivity index (χ0) is 14.1. The fraction of sp³-hybridized carbons (Fsp3) is 0.176. The van der Waals surface area contributed by atoms with Gasteiger partial charge in [0.05, 0.1) is 7.11 Å². The molecule has 1 aromatic carbocycles. The van der Waals surface area contributed by atoms with Crippen LogP contribution in [0.1, 0.15) is 9.75 Å². The molecule has 2 heterocycles. The molecule has 0 unspecified atom stereocenters. The van der Waals surface area contributed by atoms with Crippen molar-refractivity contribution in [3.8, 4) is 26.6 Å². The van der Waals surface area contributed by atoms with Crippen LogP contribution in [0, 0.1) is 13.8 Å². The molecule has 102 valence electrons. The van der Waals surface area contributed by atoms with E-state index in [0.717, 1.165) is 5.75 Å². The van der Waals surface area contributed by atoms with Gasteiger partial charge in [-0.05, 0) is 67.4 Å². The molecule has 0 bridgehead atoms. The van der Waals surface area contributed by atoms with Crippen molar-refractivity contribution in [3.05, 3.63) is 52.2 Å². The first kappa shape index (κ1) is 13.4. The Bertz CT molecular complexity index is 679. The molecule has 0 radical (unpaired) electrons. The largest absolute Gasteiger partial charge is 0.497 e. The van der Waals surface area contributed by atoms with E-state index in [2.05, 4.69) is 56.3 Å². The molecule has 0 aliphatic rings. The highest BCUT2D eigenvalue weighted by atomic mass is 32.1. The van der Waals surface area contributed by atoms with E-state index in [4.69, 9.17) is 4.74 Å². The maximum absolute atomic E-state index is 5.46. The summed E-state index contributed by atoms with van der Waals surface area (Å²) in [7, 11) is 1.72. The van der Waals surface area contributed by atoms with Crippen LogP contribution in [0.2, 0.25) is 0 Å². The van der Waals surface area contributed by atoms with Crippen LogP contribution in [-0.4, -0.2) is 7.11 Å². The van der Waals surface area contributed by atoms with Gasteiger partial charge in [-0.1, -0.05) is 0 Å². The molecule has 0 saturated carbocycles. The molecule has 2 aromatic heterocycles. The Morgan fingerprint density at radius 1 is 0.750 bits per heavy atom. The molecule has 0 saturated heterocycles. The Morgan fingerprint density at radius 3 is 1.60 bits per heavy atom. The van der Waals surface area contributed by atoms with Crippen molar-refractivity contribution in [3.63, 3.8) is 0 Å². The predicted molar refractivity (Wildman–Crippen MR) is 89.1 cm³/mol. The van der Waals surface area contributed by atoms with Gasteiger partial charge in [0.25, 0.3) is 0 Å². The van der Waals surface area contributed by atoms with Crippen LogP contribution in [0.5, 0.6) is 5.75 Å². The molecule has 0 N–H and O–H groups in total. The summed E-state index contributed by atoms with van der Waals surface area (Å²) in [5.74, 6) is 0.912. The van der Waals surface area contributed by atoms with Crippen molar-refractivity contribution < 1.29 is 4.74 Å². The molecular weight excluding hydrogens is 284 g/mol. The summed E-state index contributed by atoms with van der Waals surface area (Å²) in [6.45, 7) is 4.27. The minimum atomic E-state index is 0.912. The van der Waals surface area contributed by atoms with E-state index < -0.39 is 0 Å². The second-order valence-electron chi connectivity index (χ2n) is 4.77. The normalized spacial score (nSPS) is 10.8. The highest BCUT2D eigenvalue weighted by molar-refractivity contribution is 7.15. The second kappa shape index (κ2) is 5.43. The lowest BCUT2D eigenvalue weighted by Gasteiger charge is -2.07. The molecular formula is C17H16OS2. The summed E-state index contributed by atoms with van der Waals surface area (Å²) in [6, 6.07) is 15.1. The molecule has 3 aromatic rings. The summed E-state index contributed by atoms with van der Waals surface area (Å²) in [6.07, 6.45) is 0. The highest BCUT2D eigenvalue weighted by Gasteiger charge is 2.08. The number of ether oxygens (including phenoxy) is 1. The van der Waals surface area contributed by atoms with E-state index >= 15 is 0 Å². The first-order valence-corrected chi connectivity index (χ1v) is 8.12. The molecule has 0 atom stereocenters. The van der Waals surface area contributed by atoms with Crippen LogP contribution >= 0.6 is 22.7 Å². The second-order valence-corrected chi connectivity index (χ2v) is 7.35. The van der Waals surface area contributed by atoms with Gasteiger partial charge < -0.3 is 4.74 Å². The Balaban J connectivity index is 2.12. The number of hydrogen-bond acceptors (Lipinski definition) is 3. The molecule has 0 spiro atoms. The van der Waals surface area contributed by atoms with Crippen LogP contribution < -0.4 is 4.74 Å². The van der Waals surface area contributed by atoms with Crippen LogP contribution in [0.4, 0.5) is 0 Å². The Kier molecular flexibility index (Phi) is 3.64. The fourth-order valence-electron chi connectivity index (χ4n) is 2.18. The molecule has 3 rings (SSSR count). The van der Waals surface area contributed by atoms with Gasteiger partial charge in [0.1, 0.15) is 5.75 Å². The number of methoxy groups -OCH3 is 1. The minimum absolute atomic E-state index is 0.912. The van der Waals surface area contributed by atoms with Crippen LogP contribution in [-0.2, 0) is 0 Å². The standard InChI is InChI=1S/C17H16OS2/c1-11-4-6-16(19-11)13-8-14(10-15(9-13)18-3)17-7-5-12(2)20-17/h4-10H,1-3H3. The fourth-order valence-corrected chi connectivity index (χ4v) is 3.89. The van der Waals surface area contributed by atoms with E-state index in [-0.39, 0.29) is 0 Å². The van der Waals surface area contributed by atoms with Crippen LogP contribution in [0.25, 0.3) is 20.9 Å². The van der Waals surface area contributed by atoms with Gasteiger partial charge in [-0.25, -0.2) is 0 Å². The molecule has 1 nitrogen and oxygen atoms in total. The summed E-state index contributed by atoms with van der Waals surface area (Å²) >= 11 is 3.63. The van der Waals surface area contributed by atoms with Crippen molar-refractivity contribution in [1.82, 2.24) is 0 Å². The highest BCUT2D eigenvalue weighted by Crippen LogP contribution is 2.36. The minimum Gasteiger partial charge on any atom is -0.497 e. The molecule has 0 amide bonds. The topological polar surface area (TPSA) is 9.23 Å². The molecule has 3 heteroatoms. The van der Waals surface area contributed by atoms with Crippen molar-refractivity contribution in [2.45, 2.75) is 13.8 Å². The smallest absolute Gasteiger partial charge is 0.120 e. The van der Waals surface area contributed by atoms with Crippen molar-refractivity contribution in [2.24, 2.45) is 0 Å². The Labute approximate surface area is 127 Å². The lowest BCUT2D eigenvalue weighted by molar-refractivity contribution is 0.415. The first-order chi connectivity index (χ1) is 9.65. The summed E-state index contributed by atoms with van der Waals surface area (Å²) in [4.78, 5) is 5.24. The maximum atomic E-state index is 5.46. The van der Waals surface area contributed by atoms with Gasteiger partial charge in [0, 0.05) is 19.5 Å². The molecule has 0 fully saturated rings. The number of aryl methyl sites for hydroxylation is 2. The summed E-state index contributed by atoms with van der Waals surface area (Å²) < 4.78 is 5.46. The van der Waals surface area contributed by atoms with E-state index in [1.807, 2.05) is 22.7 Å². The monoisotopic (exact) mass is 300 g/mol. The van der Waals surface area contributed by atoms with Gasteiger partial charge in [-0.2, -0.15) is 0 Å². The van der Waals surface area contributed by atoms with E-state index in [1.165, 1.54) is 30.6 Å². The molecule has 0 aliphatic carbocycles. The maximum Gasteiger partial charge on any atom is 0.120 e. The lowest BCUT2D eigenvalue weighted by Crippen LogP contribution is -1.85. The zero-order valence-corrected chi connectivity index (χ0v) is 13.4. The van der Waals surface area contributed by atoms with Gasteiger partial charge in [0.15, 0.2) is 0 Å². The summed E-state index contributed by atoms with van der Waals surface area (Å²) in [5, 5.41) is 0. The number of thiophene rings is 2. The molecule has 20 heavy (non-hydrogen) atoms. The lowest BCUT2D eigenvalue weighted by atomic mass is 10.1. The van der Waals surface area contributed by atoms with Crippen LogP contribution in [0.3, 0.4) is 0 Å². The average molecular weight is 300 g/mol. The summed E-state index contributed by atoms with van der Waals surface area (Å²) in [5.41, 5.74) is 2.45. The van der Waals surface area contributed by atoms with Crippen molar-refractivity contribution in [2.75, 3.05) is 7.11 Å². The predicted octanol–water partition coefficient (Wildman–Crippen LogP) is 5.77. The number of rotatable bonds is 3. The van der Waals surface area contributed by atoms with Gasteiger partial charge in [-0.15, -0.1) is 22.7 Å². The van der Waals surface area contributed by atoms with E-state index in [1.54, 1.807) is 7.11 Å². The SMILES string of the molecule is COc1cc(-c2ccc(C)s2)cc(-c2ccc(C)s2)c1. The van der Waals surface area contributed by atoms with E-state index in [0.29, 0.717) is 0 Å². The van der Waals surface area contributed by atoms with Gasteiger partial charge >= 0.3 is 0 Å². The third-order valence-corrected chi connectivity index (χ3v) is 5.29. The quantitative estimate of drug-likeness (QED) is 0.596. The number of benzene rings is 1. The Hall–Kier alpha value is -1.58. The first-order valence-electron chi connectivity index (χ1n) is 6.48. The Morgan fingerprint density at radius 2 is 1.25 bits per heavy atom. The zero-order valence-electron chi connectivity index (χ0n) is 11.8. The van der Waals surface area contributed by atoms with Crippen molar-refractivity contribution >= 4 is 22.7 Å². The average Bonchev–Trinajstić information content (AvgIpc) is 3.07. The molecule has 0 aliphatic heterocycles. The van der Waals surface area contributed by atoms with Crippen molar-refractivity contribution in [1.29, 1.82) is 0 Å². The van der Waals surface area contributed by atoms with Gasteiger partial charge in [-0.3, -0.25) is 0 Å². The number of hydrogen-bond donors (Lipinski definition) is 0.